The van der Waals surface area contributed by atoms with Gasteiger partial charge in [0.15, 0.2) is 0 Å². The van der Waals surface area contributed by atoms with Gasteiger partial charge in [-0.1, -0.05) is 37.6 Å². The van der Waals surface area contributed by atoms with Crippen molar-refractivity contribution in [3.63, 3.8) is 0 Å². The lowest BCUT2D eigenvalue weighted by molar-refractivity contribution is 0.303. The molecule has 2 heterocycles. The summed E-state index contributed by atoms with van der Waals surface area (Å²) in [6, 6.07) is 7.92. The third-order valence-electron chi connectivity index (χ3n) is 4.36. The number of hydrogen-bond acceptors (Lipinski definition) is 5. The Kier molecular flexibility index (Phi) is 6.24. The molecule has 1 aromatic carbocycles. The van der Waals surface area contributed by atoms with Crippen molar-refractivity contribution < 1.29 is 0 Å². The van der Waals surface area contributed by atoms with Gasteiger partial charge >= 0.3 is 0 Å². The number of nitrogens with one attached hydrogen (secondary N) is 1. The molecule has 0 aliphatic heterocycles. The first-order valence-electron chi connectivity index (χ1n) is 8.67. The molecule has 25 heavy (non-hydrogen) atoms. The third-order valence-corrected chi connectivity index (χ3v) is 5.50. The van der Waals surface area contributed by atoms with Crippen LogP contribution in [0.2, 0.25) is 5.02 Å². The summed E-state index contributed by atoms with van der Waals surface area (Å²) in [7, 11) is 0. The van der Waals surface area contributed by atoms with E-state index in [1.54, 1.807) is 17.7 Å². The van der Waals surface area contributed by atoms with E-state index in [2.05, 4.69) is 39.4 Å². The van der Waals surface area contributed by atoms with Crippen molar-refractivity contribution in [2.45, 2.75) is 20.3 Å². The number of halogens is 1. The molecular formula is C19H23ClN4S. The first-order chi connectivity index (χ1) is 12.2. The van der Waals surface area contributed by atoms with Crippen LogP contribution < -0.4 is 5.32 Å². The van der Waals surface area contributed by atoms with Crippen LogP contribution in [0.4, 0.5) is 5.82 Å². The van der Waals surface area contributed by atoms with E-state index >= 15 is 0 Å². The Balaban J connectivity index is 1.79. The van der Waals surface area contributed by atoms with E-state index in [-0.39, 0.29) is 0 Å². The number of fused-ring (bicyclic) bond motifs is 1. The highest BCUT2D eigenvalue weighted by Crippen LogP contribution is 2.36. The van der Waals surface area contributed by atoms with Crippen molar-refractivity contribution in [1.82, 2.24) is 14.9 Å². The lowest BCUT2D eigenvalue weighted by atomic mass is 10.1. The molecule has 1 N–H and O–H groups in total. The molecule has 3 aromatic rings. The maximum Gasteiger partial charge on any atom is 0.138 e. The van der Waals surface area contributed by atoms with Crippen LogP contribution in [0.15, 0.2) is 36.0 Å². The van der Waals surface area contributed by atoms with Crippen LogP contribution in [0.3, 0.4) is 0 Å². The minimum atomic E-state index is 0.745. The van der Waals surface area contributed by atoms with E-state index in [0.29, 0.717) is 0 Å². The van der Waals surface area contributed by atoms with Crippen LogP contribution >= 0.6 is 22.9 Å². The number of rotatable bonds is 8. The zero-order chi connectivity index (χ0) is 17.6. The number of benzene rings is 1. The molecule has 6 heteroatoms. The Labute approximate surface area is 157 Å². The summed E-state index contributed by atoms with van der Waals surface area (Å²) in [5.41, 5.74) is 2.29. The summed E-state index contributed by atoms with van der Waals surface area (Å²) in [6.07, 6.45) is 2.73. The first kappa shape index (κ1) is 18.1. The van der Waals surface area contributed by atoms with Crippen LogP contribution in [0.1, 0.15) is 20.3 Å². The smallest absolute Gasteiger partial charge is 0.138 e. The van der Waals surface area contributed by atoms with Gasteiger partial charge in [-0.25, -0.2) is 9.97 Å². The Morgan fingerprint density at radius 1 is 1.12 bits per heavy atom. The van der Waals surface area contributed by atoms with Crippen molar-refractivity contribution in [2.75, 3.05) is 31.5 Å². The van der Waals surface area contributed by atoms with Crippen LogP contribution in [0.25, 0.3) is 21.3 Å². The molecule has 0 amide bonds. The van der Waals surface area contributed by atoms with Crippen LogP contribution in [-0.4, -0.2) is 41.0 Å². The molecule has 0 saturated carbocycles. The van der Waals surface area contributed by atoms with Gasteiger partial charge in [0.25, 0.3) is 0 Å². The topological polar surface area (TPSA) is 41.0 Å². The minimum Gasteiger partial charge on any atom is -0.369 e. The number of anilines is 1. The van der Waals surface area contributed by atoms with Gasteiger partial charge < -0.3 is 10.2 Å². The highest BCUT2D eigenvalue weighted by Gasteiger charge is 2.13. The minimum absolute atomic E-state index is 0.745. The molecule has 0 spiro atoms. The van der Waals surface area contributed by atoms with Crippen molar-refractivity contribution in [2.24, 2.45) is 0 Å². The van der Waals surface area contributed by atoms with Gasteiger partial charge in [0, 0.05) is 22.5 Å². The zero-order valence-electron chi connectivity index (χ0n) is 14.6. The van der Waals surface area contributed by atoms with Gasteiger partial charge in [-0.2, -0.15) is 0 Å². The molecule has 0 aliphatic rings. The van der Waals surface area contributed by atoms with E-state index < -0.39 is 0 Å². The van der Waals surface area contributed by atoms with E-state index in [9.17, 15) is 0 Å². The number of aromatic nitrogens is 2. The van der Waals surface area contributed by atoms with Crippen molar-refractivity contribution in [1.29, 1.82) is 0 Å². The van der Waals surface area contributed by atoms with Gasteiger partial charge in [0.05, 0.1) is 5.39 Å². The molecule has 0 fully saturated rings. The Hall–Kier alpha value is -1.69. The predicted octanol–water partition coefficient (Wildman–Crippen LogP) is 5.16. The van der Waals surface area contributed by atoms with Gasteiger partial charge in [-0.05, 0) is 43.8 Å². The highest BCUT2D eigenvalue weighted by atomic mass is 35.5. The number of thiophene rings is 1. The summed E-state index contributed by atoms with van der Waals surface area (Å²) in [6.45, 7) is 8.60. The molecule has 0 radical (unpaired) electrons. The molecule has 4 nitrogen and oxygen atoms in total. The monoisotopic (exact) mass is 374 g/mol. The van der Waals surface area contributed by atoms with Gasteiger partial charge in [-0.3, -0.25) is 0 Å². The molecule has 0 saturated heterocycles. The molecule has 132 valence electrons. The fourth-order valence-corrected chi connectivity index (χ4v) is 3.94. The quantitative estimate of drug-likeness (QED) is 0.553. The largest absolute Gasteiger partial charge is 0.369 e. The molecule has 3 rings (SSSR count). The fraction of sp³-hybridized carbons (Fsp3) is 0.368. The second-order valence-corrected chi connectivity index (χ2v) is 7.16. The standard InChI is InChI=1S/C19H23ClN4S/c1-3-24(4-2)11-5-10-21-18-17-16(12-25-19(17)23-13-22-18)14-6-8-15(20)9-7-14/h6-9,12-13H,3-5,10-11H2,1-2H3,(H,21,22,23). The second-order valence-electron chi connectivity index (χ2n) is 5.87. The lowest BCUT2D eigenvalue weighted by Gasteiger charge is -2.18. The van der Waals surface area contributed by atoms with E-state index in [1.165, 1.54) is 0 Å². The predicted molar refractivity (Wildman–Crippen MR) is 109 cm³/mol. The number of hydrogen-bond donors (Lipinski definition) is 1. The van der Waals surface area contributed by atoms with Gasteiger partial charge in [-0.15, -0.1) is 11.3 Å². The summed E-state index contributed by atoms with van der Waals surface area (Å²) in [5, 5.41) is 7.48. The molecule has 0 aliphatic carbocycles. The summed E-state index contributed by atoms with van der Waals surface area (Å²) in [5.74, 6) is 0.913. The zero-order valence-corrected chi connectivity index (χ0v) is 16.2. The van der Waals surface area contributed by atoms with Crippen molar-refractivity contribution in [3.05, 3.63) is 41.0 Å². The normalized spacial score (nSPS) is 11.4. The first-order valence-corrected chi connectivity index (χ1v) is 9.93. The average Bonchev–Trinajstić information content (AvgIpc) is 3.07. The molecular weight excluding hydrogens is 352 g/mol. The summed E-state index contributed by atoms with van der Waals surface area (Å²) >= 11 is 7.66. The maximum atomic E-state index is 6.02. The molecule has 0 atom stereocenters. The highest BCUT2D eigenvalue weighted by molar-refractivity contribution is 7.17. The second kappa shape index (κ2) is 8.61. The van der Waals surface area contributed by atoms with Crippen LogP contribution in [0.5, 0.6) is 0 Å². The Morgan fingerprint density at radius 2 is 1.88 bits per heavy atom. The SMILES string of the molecule is CCN(CC)CCCNc1ncnc2scc(-c3ccc(Cl)cc3)c12. The molecule has 0 bridgehead atoms. The molecule has 0 unspecified atom stereocenters. The lowest BCUT2D eigenvalue weighted by Crippen LogP contribution is -2.25. The van der Waals surface area contributed by atoms with Crippen LogP contribution in [0, 0.1) is 0 Å². The van der Waals surface area contributed by atoms with Gasteiger partial charge in [0.1, 0.15) is 17.0 Å². The average molecular weight is 375 g/mol. The van der Waals surface area contributed by atoms with Gasteiger partial charge in [0.2, 0.25) is 0 Å². The van der Waals surface area contributed by atoms with Crippen molar-refractivity contribution in [3.8, 4) is 11.1 Å². The summed E-state index contributed by atoms with van der Waals surface area (Å²) in [4.78, 5) is 12.3. The third kappa shape index (κ3) is 4.29. The maximum absolute atomic E-state index is 6.02. The fourth-order valence-electron chi connectivity index (χ4n) is 2.90. The van der Waals surface area contributed by atoms with E-state index in [4.69, 9.17) is 11.6 Å². The van der Waals surface area contributed by atoms with E-state index in [1.807, 2.05) is 24.3 Å². The van der Waals surface area contributed by atoms with Crippen molar-refractivity contribution >= 4 is 39.0 Å². The Bertz CT molecular complexity index is 812. The number of nitrogens with zero attached hydrogens (tertiary/aromatic N) is 3. The summed E-state index contributed by atoms with van der Waals surface area (Å²) < 4.78 is 0. The molecule has 2 aromatic heterocycles. The Morgan fingerprint density at radius 3 is 2.60 bits per heavy atom. The van der Waals surface area contributed by atoms with E-state index in [0.717, 1.165) is 64.8 Å². The van der Waals surface area contributed by atoms with Crippen LogP contribution in [-0.2, 0) is 0 Å².